The summed E-state index contributed by atoms with van der Waals surface area (Å²) in [5.74, 6) is -0.368. The summed E-state index contributed by atoms with van der Waals surface area (Å²) in [5.41, 5.74) is 3.64. The van der Waals surface area contributed by atoms with Gasteiger partial charge in [0, 0.05) is 4.90 Å². The van der Waals surface area contributed by atoms with Crippen molar-refractivity contribution in [1.29, 1.82) is 0 Å². The maximum Gasteiger partial charge on any atom is 0.347 e. The quantitative estimate of drug-likeness (QED) is 0.344. The number of nitrogens with zero attached hydrogens (tertiary/aromatic N) is 1. The number of rotatable bonds is 9. The maximum atomic E-state index is 11.4. The van der Waals surface area contributed by atoms with E-state index in [1.54, 1.807) is 32.7 Å². The first kappa shape index (κ1) is 22.8. The third-order valence-corrected chi connectivity index (χ3v) is 5.41. The average Bonchev–Trinajstić information content (AvgIpc) is 2.68. The van der Waals surface area contributed by atoms with Gasteiger partial charge in [0.05, 0.1) is 5.71 Å². The van der Waals surface area contributed by atoms with Gasteiger partial charge in [-0.25, -0.2) is 4.79 Å². The van der Waals surface area contributed by atoms with Crippen LogP contribution in [0.25, 0.3) is 0 Å². The molecule has 0 atom stereocenters. The smallest absolute Gasteiger partial charge is 0.347 e. The van der Waals surface area contributed by atoms with Gasteiger partial charge in [0.2, 0.25) is 0 Å². The van der Waals surface area contributed by atoms with E-state index < -0.39 is 11.6 Å². The normalized spacial score (nSPS) is 12.0. The Balaban J connectivity index is 2.18. The minimum absolute atomic E-state index is 0.625. The Morgan fingerprint density at radius 3 is 2.21 bits per heavy atom. The number of thioether (sulfide) groups is 1. The third-order valence-electron chi connectivity index (χ3n) is 4.67. The first-order chi connectivity index (χ1) is 13.7. The fraction of sp³-hybridized carbons (Fsp3) is 0.391. The summed E-state index contributed by atoms with van der Waals surface area (Å²) >= 11 is 1.70. The van der Waals surface area contributed by atoms with Gasteiger partial charge in [-0.3, -0.25) is 0 Å². The van der Waals surface area contributed by atoms with Crippen molar-refractivity contribution >= 4 is 23.4 Å². The van der Waals surface area contributed by atoms with Gasteiger partial charge in [0.15, 0.2) is 5.60 Å². The molecule has 0 aliphatic heterocycles. The lowest BCUT2D eigenvalue weighted by Gasteiger charge is -2.24. The number of carboxylic acid groups (broad SMARTS) is 1. The second-order valence-electron chi connectivity index (χ2n) is 7.43. The van der Waals surface area contributed by atoms with Gasteiger partial charge < -0.3 is 14.7 Å². The molecule has 0 aromatic heterocycles. The standard InChI is InChI=1S/C23H29NO4S/c1-15-13-17(14-16(2)21(15)28-23(3,4)22(25)26)7-12-20(24-27-5)18-8-10-19(29-6)11-9-18/h8-11,13-14H,7,12H2,1-6H3,(H,25,26)/b24-20-. The van der Waals surface area contributed by atoms with Crippen LogP contribution in [0.15, 0.2) is 46.4 Å². The van der Waals surface area contributed by atoms with Gasteiger partial charge in [-0.15, -0.1) is 11.8 Å². The van der Waals surface area contributed by atoms with Crippen molar-refractivity contribution in [2.24, 2.45) is 5.16 Å². The molecule has 0 radical (unpaired) electrons. The van der Waals surface area contributed by atoms with E-state index in [0.717, 1.165) is 40.8 Å². The number of ether oxygens (including phenoxy) is 1. The zero-order valence-electron chi connectivity index (χ0n) is 17.9. The van der Waals surface area contributed by atoms with Gasteiger partial charge in [0.25, 0.3) is 0 Å². The molecule has 0 saturated carbocycles. The van der Waals surface area contributed by atoms with Gasteiger partial charge >= 0.3 is 5.97 Å². The molecule has 0 spiro atoms. The molecule has 6 heteroatoms. The molecule has 2 aromatic carbocycles. The molecule has 1 N–H and O–H groups in total. The average molecular weight is 416 g/mol. The van der Waals surface area contributed by atoms with Gasteiger partial charge in [-0.1, -0.05) is 29.4 Å². The van der Waals surface area contributed by atoms with Crippen molar-refractivity contribution in [1.82, 2.24) is 0 Å². The Bertz CT molecular complexity index is 865. The SMILES string of the molecule is CO/N=C(/CCc1cc(C)c(OC(C)(C)C(=O)O)c(C)c1)c1ccc(SC)cc1. The Labute approximate surface area is 177 Å². The predicted octanol–water partition coefficient (Wildman–Crippen LogP) is 5.25. The highest BCUT2D eigenvalue weighted by Gasteiger charge is 2.30. The van der Waals surface area contributed by atoms with Crippen LogP contribution in [-0.4, -0.2) is 35.8 Å². The monoisotopic (exact) mass is 415 g/mol. The molecule has 0 fully saturated rings. The van der Waals surface area contributed by atoms with Crippen LogP contribution in [0.3, 0.4) is 0 Å². The zero-order chi connectivity index (χ0) is 21.6. The number of carboxylic acids is 1. The topological polar surface area (TPSA) is 68.1 Å². The first-order valence-corrected chi connectivity index (χ1v) is 10.7. The van der Waals surface area contributed by atoms with E-state index in [9.17, 15) is 9.90 Å². The zero-order valence-corrected chi connectivity index (χ0v) is 18.7. The Morgan fingerprint density at radius 1 is 1.14 bits per heavy atom. The molecule has 0 heterocycles. The molecule has 0 aliphatic carbocycles. The number of aryl methyl sites for hydroxylation is 3. The molecule has 0 aliphatic rings. The minimum atomic E-state index is -1.28. The van der Waals surface area contributed by atoms with Crippen LogP contribution in [0.2, 0.25) is 0 Å². The second-order valence-corrected chi connectivity index (χ2v) is 8.30. The van der Waals surface area contributed by atoms with Crippen molar-refractivity contribution < 1.29 is 19.5 Å². The van der Waals surface area contributed by atoms with E-state index in [1.165, 1.54) is 4.90 Å². The minimum Gasteiger partial charge on any atom is -0.478 e. The number of oxime groups is 1. The summed E-state index contributed by atoms with van der Waals surface area (Å²) in [6.07, 6.45) is 3.57. The molecule has 0 unspecified atom stereocenters. The van der Waals surface area contributed by atoms with Crippen LogP contribution < -0.4 is 4.74 Å². The molecule has 29 heavy (non-hydrogen) atoms. The summed E-state index contributed by atoms with van der Waals surface area (Å²) in [4.78, 5) is 17.6. The molecular weight excluding hydrogens is 386 g/mol. The van der Waals surface area contributed by atoms with E-state index in [-0.39, 0.29) is 0 Å². The van der Waals surface area contributed by atoms with Crippen LogP contribution >= 0.6 is 11.8 Å². The molecule has 0 amide bonds. The van der Waals surface area contributed by atoms with Crippen molar-refractivity contribution in [2.75, 3.05) is 13.4 Å². The number of hydrogen-bond acceptors (Lipinski definition) is 5. The van der Waals surface area contributed by atoms with Crippen LogP contribution in [0.4, 0.5) is 0 Å². The molecule has 5 nitrogen and oxygen atoms in total. The fourth-order valence-electron chi connectivity index (χ4n) is 3.04. The highest BCUT2D eigenvalue weighted by Crippen LogP contribution is 2.29. The summed E-state index contributed by atoms with van der Waals surface area (Å²) in [6, 6.07) is 12.4. The molecule has 156 valence electrons. The predicted molar refractivity (Wildman–Crippen MR) is 118 cm³/mol. The Morgan fingerprint density at radius 2 is 1.72 bits per heavy atom. The summed E-state index contributed by atoms with van der Waals surface area (Å²) in [7, 11) is 1.56. The van der Waals surface area contributed by atoms with Gasteiger partial charge in [-0.2, -0.15) is 0 Å². The Kier molecular flexibility index (Phi) is 7.73. The van der Waals surface area contributed by atoms with Gasteiger partial charge in [-0.05, 0) is 81.2 Å². The maximum absolute atomic E-state index is 11.4. The highest BCUT2D eigenvalue weighted by molar-refractivity contribution is 7.98. The van der Waals surface area contributed by atoms with E-state index in [4.69, 9.17) is 9.57 Å². The van der Waals surface area contributed by atoms with Crippen molar-refractivity contribution in [3.63, 3.8) is 0 Å². The number of carbonyl (C=O) groups is 1. The highest BCUT2D eigenvalue weighted by atomic mass is 32.2. The van der Waals surface area contributed by atoms with E-state index in [1.807, 2.05) is 26.0 Å². The van der Waals surface area contributed by atoms with Crippen LogP contribution in [0.1, 0.15) is 42.5 Å². The summed E-state index contributed by atoms with van der Waals surface area (Å²) in [5, 5.41) is 13.5. The van der Waals surface area contributed by atoms with Gasteiger partial charge in [0.1, 0.15) is 12.9 Å². The lowest BCUT2D eigenvalue weighted by molar-refractivity contribution is -0.152. The fourth-order valence-corrected chi connectivity index (χ4v) is 3.45. The Hall–Kier alpha value is -2.47. The van der Waals surface area contributed by atoms with Crippen LogP contribution in [0, 0.1) is 13.8 Å². The largest absolute Gasteiger partial charge is 0.478 e. The van der Waals surface area contributed by atoms with Crippen molar-refractivity contribution in [3.05, 3.63) is 58.7 Å². The number of benzene rings is 2. The second kappa shape index (κ2) is 9.83. The molecule has 2 aromatic rings. The van der Waals surface area contributed by atoms with Crippen molar-refractivity contribution in [2.45, 2.75) is 51.0 Å². The van der Waals surface area contributed by atoms with E-state index in [0.29, 0.717) is 5.75 Å². The van der Waals surface area contributed by atoms with E-state index >= 15 is 0 Å². The molecule has 0 bridgehead atoms. The molecular formula is C23H29NO4S. The lowest BCUT2D eigenvalue weighted by Crippen LogP contribution is -2.38. The lowest BCUT2D eigenvalue weighted by atomic mass is 9.98. The first-order valence-electron chi connectivity index (χ1n) is 9.45. The van der Waals surface area contributed by atoms with Crippen LogP contribution in [-0.2, 0) is 16.1 Å². The molecule has 0 saturated heterocycles. The van der Waals surface area contributed by atoms with E-state index in [2.05, 4.69) is 35.7 Å². The van der Waals surface area contributed by atoms with Crippen LogP contribution in [0.5, 0.6) is 5.75 Å². The number of aliphatic carboxylic acids is 1. The summed E-state index contributed by atoms with van der Waals surface area (Å²) < 4.78 is 5.79. The van der Waals surface area contributed by atoms with Crippen molar-refractivity contribution in [3.8, 4) is 5.75 Å². The third kappa shape index (κ3) is 6.00. The summed E-state index contributed by atoms with van der Waals surface area (Å²) in [6.45, 7) is 6.99. The molecule has 2 rings (SSSR count). The number of hydrogen-bond donors (Lipinski definition) is 1.